The largest absolute Gasteiger partial charge is 0.493 e. The number of amides is 1. The molecule has 7 heteroatoms. The van der Waals surface area contributed by atoms with Gasteiger partial charge in [-0.2, -0.15) is 0 Å². The Morgan fingerprint density at radius 3 is 2.21 bits per heavy atom. The lowest BCUT2D eigenvalue weighted by Crippen LogP contribution is -2.33. The molecule has 0 fully saturated rings. The van der Waals surface area contributed by atoms with E-state index in [9.17, 15) is 9.59 Å². The number of anilines is 1. The average Bonchev–Trinajstić information content (AvgIpc) is 2.73. The average molecular weight is 401 g/mol. The maximum Gasteiger partial charge on any atom is 0.340 e. The highest BCUT2D eigenvalue weighted by molar-refractivity contribution is 6.03. The van der Waals surface area contributed by atoms with E-state index in [4.69, 9.17) is 18.9 Å². The molecule has 1 amide bonds. The number of hydrogen-bond acceptors (Lipinski definition) is 6. The van der Waals surface area contributed by atoms with Crippen LogP contribution < -0.4 is 19.5 Å². The fourth-order valence-electron chi connectivity index (χ4n) is 2.78. The van der Waals surface area contributed by atoms with Crippen LogP contribution in [0.25, 0.3) is 0 Å². The van der Waals surface area contributed by atoms with Crippen LogP contribution in [0.4, 0.5) is 5.69 Å². The summed E-state index contributed by atoms with van der Waals surface area (Å²) in [5.41, 5.74) is 2.37. The van der Waals surface area contributed by atoms with Crippen LogP contribution in [0.15, 0.2) is 30.3 Å². The van der Waals surface area contributed by atoms with Crippen LogP contribution in [-0.2, 0) is 9.53 Å². The summed E-state index contributed by atoms with van der Waals surface area (Å²) in [7, 11) is 4.20. The van der Waals surface area contributed by atoms with Crippen molar-refractivity contribution in [2.75, 3.05) is 26.6 Å². The highest BCUT2D eigenvalue weighted by Gasteiger charge is 2.24. The summed E-state index contributed by atoms with van der Waals surface area (Å²) in [6.07, 6.45) is -0.297. The molecular formula is C22H27NO6. The molecule has 0 aliphatic carbocycles. The number of nitrogens with one attached hydrogen (secondary N) is 1. The number of benzene rings is 2. The smallest absolute Gasteiger partial charge is 0.340 e. The Morgan fingerprint density at radius 2 is 1.62 bits per heavy atom. The van der Waals surface area contributed by atoms with Gasteiger partial charge in [0.1, 0.15) is 5.75 Å². The summed E-state index contributed by atoms with van der Waals surface area (Å²) >= 11 is 0. The van der Waals surface area contributed by atoms with Crippen LogP contribution in [0.1, 0.15) is 34.8 Å². The van der Waals surface area contributed by atoms with Gasteiger partial charge < -0.3 is 24.3 Å². The first kappa shape index (κ1) is 22.1. The number of aryl methyl sites for hydroxylation is 2. The Hall–Kier alpha value is -3.22. The molecule has 1 N–H and O–H groups in total. The molecule has 7 nitrogen and oxygen atoms in total. The molecule has 0 spiro atoms. The SMILES string of the molecule is CCC(Oc1cc(C)ccc1C)C(=O)Nc1cc(OC)c(OC)cc1C(=O)OC. The molecule has 0 bridgehead atoms. The van der Waals surface area contributed by atoms with Crippen LogP contribution in [0.5, 0.6) is 17.2 Å². The van der Waals surface area contributed by atoms with E-state index < -0.39 is 12.1 Å². The van der Waals surface area contributed by atoms with Gasteiger partial charge in [-0.25, -0.2) is 4.79 Å². The van der Waals surface area contributed by atoms with E-state index in [1.54, 1.807) is 0 Å². The van der Waals surface area contributed by atoms with Crippen molar-refractivity contribution in [2.45, 2.75) is 33.3 Å². The first-order valence-corrected chi connectivity index (χ1v) is 9.23. The predicted molar refractivity (Wildman–Crippen MR) is 110 cm³/mol. The number of methoxy groups -OCH3 is 3. The van der Waals surface area contributed by atoms with Gasteiger partial charge in [-0.3, -0.25) is 4.79 Å². The van der Waals surface area contributed by atoms with Crippen molar-refractivity contribution < 1.29 is 28.5 Å². The maximum absolute atomic E-state index is 12.9. The maximum atomic E-state index is 12.9. The van der Waals surface area contributed by atoms with Gasteiger partial charge in [0.2, 0.25) is 0 Å². The minimum Gasteiger partial charge on any atom is -0.493 e. The molecule has 1 unspecified atom stereocenters. The van der Waals surface area contributed by atoms with Gasteiger partial charge in [-0.15, -0.1) is 0 Å². The Bertz CT molecular complexity index is 893. The molecule has 1 atom stereocenters. The topological polar surface area (TPSA) is 83.1 Å². The van der Waals surface area contributed by atoms with Gasteiger partial charge in [0.25, 0.3) is 5.91 Å². The third-order valence-electron chi connectivity index (χ3n) is 4.46. The fourth-order valence-corrected chi connectivity index (χ4v) is 2.78. The molecule has 2 aromatic carbocycles. The van der Waals surface area contributed by atoms with E-state index in [0.717, 1.165) is 11.1 Å². The first-order chi connectivity index (χ1) is 13.8. The van der Waals surface area contributed by atoms with Crippen LogP contribution in [-0.4, -0.2) is 39.3 Å². The number of esters is 1. The second kappa shape index (κ2) is 9.82. The Morgan fingerprint density at radius 1 is 0.966 bits per heavy atom. The van der Waals surface area contributed by atoms with E-state index in [-0.39, 0.29) is 17.2 Å². The number of carbonyl (C=O) groups is 2. The van der Waals surface area contributed by atoms with Gasteiger partial charge in [-0.1, -0.05) is 19.1 Å². The van der Waals surface area contributed by atoms with E-state index in [1.165, 1.54) is 33.5 Å². The van der Waals surface area contributed by atoms with Crippen molar-refractivity contribution in [2.24, 2.45) is 0 Å². The molecule has 0 aliphatic heterocycles. The van der Waals surface area contributed by atoms with Crippen LogP contribution in [0.2, 0.25) is 0 Å². The van der Waals surface area contributed by atoms with E-state index in [2.05, 4.69) is 5.32 Å². The van der Waals surface area contributed by atoms with Crippen molar-refractivity contribution in [3.63, 3.8) is 0 Å². The molecule has 0 radical (unpaired) electrons. The molecule has 0 aromatic heterocycles. The predicted octanol–water partition coefficient (Wildman–Crippen LogP) is 3.90. The summed E-state index contributed by atoms with van der Waals surface area (Å²) in [4.78, 5) is 25.1. The van der Waals surface area contributed by atoms with Crippen LogP contribution in [0.3, 0.4) is 0 Å². The summed E-state index contributed by atoms with van der Waals surface area (Å²) < 4.78 is 21.3. The van der Waals surface area contributed by atoms with Crippen molar-refractivity contribution in [1.29, 1.82) is 0 Å². The van der Waals surface area contributed by atoms with E-state index in [1.807, 2.05) is 39.0 Å². The number of carbonyl (C=O) groups excluding carboxylic acids is 2. The van der Waals surface area contributed by atoms with Crippen molar-refractivity contribution in [1.82, 2.24) is 0 Å². The molecule has 0 aliphatic rings. The van der Waals surface area contributed by atoms with Gasteiger partial charge >= 0.3 is 5.97 Å². The zero-order chi connectivity index (χ0) is 21.6. The lowest BCUT2D eigenvalue weighted by molar-refractivity contribution is -0.122. The van der Waals surface area contributed by atoms with Crippen molar-refractivity contribution in [3.8, 4) is 17.2 Å². The zero-order valence-electron chi connectivity index (χ0n) is 17.6. The first-order valence-electron chi connectivity index (χ1n) is 9.23. The monoisotopic (exact) mass is 401 g/mol. The van der Waals surface area contributed by atoms with E-state index in [0.29, 0.717) is 23.7 Å². The van der Waals surface area contributed by atoms with Gasteiger partial charge in [-0.05, 0) is 37.5 Å². The second-order valence-corrected chi connectivity index (χ2v) is 6.52. The Balaban J connectivity index is 2.33. The minimum absolute atomic E-state index is 0.153. The highest BCUT2D eigenvalue weighted by atomic mass is 16.5. The van der Waals surface area contributed by atoms with Gasteiger partial charge in [0, 0.05) is 12.1 Å². The lowest BCUT2D eigenvalue weighted by Gasteiger charge is -2.20. The third-order valence-corrected chi connectivity index (χ3v) is 4.46. The van der Waals surface area contributed by atoms with Crippen LogP contribution in [0, 0.1) is 13.8 Å². The standard InChI is InChI=1S/C22H27NO6/c1-7-17(29-18-10-13(2)8-9-14(18)3)21(24)23-16-12-20(27-5)19(26-4)11-15(16)22(25)28-6/h8-12,17H,7H2,1-6H3,(H,23,24). The summed E-state index contributed by atoms with van der Waals surface area (Å²) in [6, 6.07) is 8.80. The quantitative estimate of drug-likeness (QED) is 0.676. The summed E-state index contributed by atoms with van der Waals surface area (Å²) in [6.45, 7) is 5.73. The summed E-state index contributed by atoms with van der Waals surface area (Å²) in [5.74, 6) is 0.381. The zero-order valence-corrected chi connectivity index (χ0v) is 17.6. The number of hydrogen-bond donors (Lipinski definition) is 1. The molecule has 0 heterocycles. The van der Waals surface area contributed by atoms with Crippen molar-refractivity contribution >= 4 is 17.6 Å². The normalized spacial score (nSPS) is 11.4. The summed E-state index contributed by atoms with van der Waals surface area (Å²) in [5, 5.41) is 2.76. The van der Waals surface area contributed by atoms with Gasteiger partial charge in [0.15, 0.2) is 17.6 Å². The van der Waals surface area contributed by atoms with Crippen molar-refractivity contribution in [3.05, 3.63) is 47.0 Å². The molecular weight excluding hydrogens is 374 g/mol. The molecule has 2 rings (SSSR count). The second-order valence-electron chi connectivity index (χ2n) is 6.52. The fraction of sp³-hybridized carbons (Fsp3) is 0.364. The Labute approximate surface area is 170 Å². The van der Waals surface area contributed by atoms with E-state index >= 15 is 0 Å². The molecule has 0 saturated carbocycles. The molecule has 156 valence electrons. The molecule has 2 aromatic rings. The van der Waals surface area contributed by atoms with Crippen LogP contribution >= 0.6 is 0 Å². The van der Waals surface area contributed by atoms with Gasteiger partial charge in [0.05, 0.1) is 32.6 Å². The minimum atomic E-state index is -0.742. The number of rotatable bonds is 8. The Kier molecular flexibility index (Phi) is 7.47. The molecule has 29 heavy (non-hydrogen) atoms. The lowest BCUT2D eigenvalue weighted by atomic mass is 10.1. The highest BCUT2D eigenvalue weighted by Crippen LogP contribution is 2.34. The molecule has 0 saturated heterocycles. The third kappa shape index (κ3) is 5.19. The number of ether oxygens (including phenoxy) is 4.